The molecule has 7 heteroatoms. The first-order chi connectivity index (χ1) is 9.01. The van der Waals surface area contributed by atoms with Gasteiger partial charge in [-0.1, -0.05) is 0 Å². The molecule has 0 radical (unpaired) electrons. The van der Waals surface area contributed by atoms with Crippen molar-refractivity contribution in [3.8, 4) is 0 Å². The molecule has 0 unspecified atom stereocenters. The van der Waals surface area contributed by atoms with Crippen molar-refractivity contribution in [1.29, 1.82) is 0 Å². The lowest BCUT2D eigenvalue weighted by atomic mass is 10.3. The van der Waals surface area contributed by atoms with Gasteiger partial charge in [-0.15, -0.1) is 11.3 Å². The summed E-state index contributed by atoms with van der Waals surface area (Å²) in [6, 6.07) is 2.77. The second-order valence-corrected chi connectivity index (χ2v) is 5.44. The zero-order chi connectivity index (χ0) is 14.0. The Morgan fingerprint density at radius 3 is 2.47 bits per heavy atom. The number of pyridine rings is 1. The fourth-order valence-electron chi connectivity index (χ4n) is 1.60. The smallest absolute Gasteiger partial charge is 0.178 e. The number of thiophene rings is 1. The van der Waals surface area contributed by atoms with Crippen LogP contribution in [-0.4, -0.2) is 4.98 Å². The van der Waals surface area contributed by atoms with Crippen LogP contribution in [0.25, 0.3) is 0 Å². The largest absolute Gasteiger partial charge is 0.363 e. The van der Waals surface area contributed by atoms with Gasteiger partial charge in [-0.05, 0) is 25.5 Å². The van der Waals surface area contributed by atoms with E-state index in [1.165, 1.54) is 10.4 Å². The van der Waals surface area contributed by atoms with Gasteiger partial charge < -0.3 is 10.7 Å². The van der Waals surface area contributed by atoms with Gasteiger partial charge in [0.05, 0.1) is 6.54 Å². The van der Waals surface area contributed by atoms with Crippen LogP contribution in [0.3, 0.4) is 0 Å². The molecule has 19 heavy (non-hydrogen) atoms. The minimum absolute atomic E-state index is 0.0296. The van der Waals surface area contributed by atoms with Crippen LogP contribution in [0.1, 0.15) is 15.3 Å². The van der Waals surface area contributed by atoms with Crippen molar-refractivity contribution in [1.82, 2.24) is 4.98 Å². The van der Waals surface area contributed by atoms with Crippen LogP contribution in [0.5, 0.6) is 0 Å². The summed E-state index contributed by atoms with van der Waals surface area (Å²) in [5.74, 6) is 3.30. The Kier molecular flexibility index (Phi) is 3.96. The first-order valence-electron chi connectivity index (χ1n) is 5.63. The Hall–Kier alpha value is -1.73. The highest BCUT2D eigenvalue weighted by Gasteiger charge is 2.11. The van der Waals surface area contributed by atoms with Gasteiger partial charge in [0, 0.05) is 15.8 Å². The van der Waals surface area contributed by atoms with E-state index in [0.717, 1.165) is 10.9 Å². The predicted octanol–water partition coefficient (Wildman–Crippen LogP) is 2.94. The predicted molar refractivity (Wildman–Crippen MR) is 73.1 cm³/mol. The first-order valence-corrected chi connectivity index (χ1v) is 6.45. The van der Waals surface area contributed by atoms with Gasteiger partial charge in [0.2, 0.25) is 0 Å². The van der Waals surface area contributed by atoms with Crippen LogP contribution in [0.2, 0.25) is 0 Å². The number of halogens is 2. The molecule has 0 aliphatic heterocycles. The summed E-state index contributed by atoms with van der Waals surface area (Å²) in [6.45, 7) is 4.47. The highest BCUT2D eigenvalue weighted by Crippen LogP contribution is 2.23. The molecule has 0 saturated carbocycles. The van der Waals surface area contributed by atoms with Crippen LogP contribution in [0, 0.1) is 25.5 Å². The van der Waals surface area contributed by atoms with E-state index in [9.17, 15) is 8.78 Å². The number of hydrazine groups is 1. The van der Waals surface area contributed by atoms with E-state index in [2.05, 4.69) is 15.7 Å². The first kappa shape index (κ1) is 13.7. The number of hydrogen-bond acceptors (Lipinski definition) is 5. The van der Waals surface area contributed by atoms with Crippen LogP contribution >= 0.6 is 11.3 Å². The van der Waals surface area contributed by atoms with Crippen LogP contribution < -0.4 is 16.6 Å². The van der Waals surface area contributed by atoms with Crippen molar-refractivity contribution < 1.29 is 8.78 Å². The summed E-state index contributed by atoms with van der Waals surface area (Å²) in [5, 5.41) is 2.83. The second kappa shape index (κ2) is 5.50. The molecular formula is C12H14F2N4S. The molecule has 0 spiro atoms. The average Bonchev–Trinajstić information content (AvgIpc) is 2.68. The highest BCUT2D eigenvalue weighted by atomic mass is 32.1. The maximum absolute atomic E-state index is 13.5. The molecule has 0 amide bonds. The monoisotopic (exact) mass is 284 g/mol. The maximum atomic E-state index is 13.5. The van der Waals surface area contributed by atoms with Crippen molar-refractivity contribution in [2.24, 2.45) is 5.84 Å². The van der Waals surface area contributed by atoms with E-state index in [1.807, 2.05) is 19.9 Å². The highest BCUT2D eigenvalue weighted by molar-refractivity contribution is 7.12. The molecule has 2 aromatic heterocycles. The normalized spacial score (nSPS) is 10.6. The molecule has 102 valence electrons. The van der Waals surface area contributed by atoms with Crippen molar-refractivity contribution >= 4 is 23.0 Å². The topological polar surface area (TPSA) is 63.0 Å². The zero-order valence-electron chi connectivity index (χ0n) is 10.6. The molecule has 0 aromatic carbocycles. The number of nitrogens with zero attached hydrogens (tertiary/aromatic N) is 1. The lowest BCUT2D eigenvalue weighted by molar-refractivity contribution is 0.578. The molecule has 0 saturated heterocycles. The Balaban J connectivity index is 2.15. The van der Waals surface area contributed by atoms with Gasteiger partial charge in [-0.2, -0.15) is 0 Å². The molecule has 0 atom stereocenters. The molecule has 4 N–H and O–H groups in total. The molecule has 2 rings (SSSR count). The van der Waals surface area contributed by atoms with Crippen molar-refractivity contribution in [3.05, 3.63) is 39.1 Å². The summed E-state index contributed by atoms with van der Waals surface area (Å²) in [4.78, 5) is 6.02. The average molecular weight is 284 g/mol. The van der Waals surface area contributed by atoms with Crippen LogP contribution in [-0.2, 0) is 6.54 Å². The third-order valence-corrected chi connectivity index (χ3v) is 3.87. The second-order valence-electron chi connectivity index (χ2n) is 4.10. The van der Waals surface area contributed by atoms with E-state index in [4.69, 9.17) is 5.84 Å². The van der Waals surface area contributed by atoms with Crippen molar-refractivity contribution in [2.75, 3.05) is 10.7 Å². The van der Waals surface area contributed by atoms with Gasteiger partial charge in [-0.25, -0.2) is 19.6 Å². The van der Waals surface area contributed by atoms with Gasteiger partial charge >= 0.3 is 0 Å². The van der Waals surface area contributed by atoms with E-state index < -0.39 is 11.6 Å². The number of nitrogen functional groups attached to an aromatic ring is 1. The Morgan fingerprint density at radius 2 is 1.89 bits per heavy atom. The maximum Gasteiger partial charge on any atom is 0.178 e. The van der Waals surface area contributed by atoms with Crippen molar-refractivity contribution in [2.45, 2.75) is 20.4 Å². The summed E-state index contributed by atoms with van der Waals surface area (Å²) in [6.07, 6.45) is 0. The molecular weight excluding hydrogens is 270 g/mol. The van der Waals surface area contributed by atoms with Gasteiger partial charge in [0.1, 0.15) is 0 Å². The third-order valence-electron chi connectivity index (χ3n) is 2.71. The number of hydrogen-bond donors (Lipinski definition) is 3. The van der Waals surface area contributed by atoms with Crippen LogP contribution in [0.15, 0.2) is 12.1 Å². The Labute approximate surface area is 113 Å². The molecule has 0 aliphatic rings. The van der Waals surface area contributed by atoms with Gasteiger partial charge in [-0.3, -0.25) is 0 Å². The van der Waals surface area contributed by atoms with E-state index in [1.54, 1.807) is 11.3 Å². The lowest BCUT2D eigenvalue weighted by Crippen LogP contribution is -2.13. The van der Waals surface area contributed by atoms with Gasteiger partial charge in [0.15, 0.2) is 23.3 Å². The summed E-state index contributed by atoms with van der Waals surface area (Å²) >= 11 is 1.63. The Bertz CT molecular complexity index is 578. The number of rotatable bonds is 4. The van der Waals surface area contributed by atoms with Crippen LogP contribution in [0.4, 0.5) is 20.4 Å². The number of aromatic nitrogens is 1. The van der Waals surface area contributed by atoms with E-state index >= 15 is 0 Å². The molecule has 0 aliphatic carbocycles. The zero-order valence-corrected chi connectivity index (χ0v) is 11.4. The summed E-state index contributed by atoms with van der Waals surface area (Å²) in [7, 11) is 0. The number of anilines is 2. The number of nitrogens with two attached hydrogens (primary N) is 1. The molecule has 4 nitrogen and oxygen atoms in total. The molecule has 2 heterocycles. The Morgan fingerprint density at radius 1 is 1.21 bits per heavy atom. The number of nitrogens with one attached hydrogen (secondary N) is 2. The summed E-state index contributed by atoms with van der Waals surface area (Å²) < 4.78 is 26.7. The molecule has 2 aromatic rings. The van der Waals surface area contributed by atoms with E-state index in [0.29, 0.717) is 6.54 Å². The van der Waals surface area contributed by atoms with Gasteiger partial charge in [0.25, 0.3) is 0 Å². The standard InChI is InChI=1S/C12H14F2N4S/c1-6-3-8(19-7(6)2)5-16-11-9(13)4-10(14)12(17-11)18-15/h3-4H,5,15H2,1-2H3,(H2,16,17,18). The minimum atomic E-state index is -0.826. The quantitative estimate of drug-likeness (QED) is 0.596. The SMILES string of the molecule is Cc1cc(CNc2nc(NN)c(F)cc2F)sc1C. The van der Waals surface area contributed by atoms with E-state index in [-0.39, 0.29) is 11.6 Å². The van der Waals surface area contributed by atoms with Crippen molar-refractivity contribution in [3.63, 3.8) is 0 Å². The minimum Gasteiger partial charge on any atom is -0.363 e. The summed E-state index contributed by atoms with van der Waals surface area (Å²) in [5.41, 5.74) is 3.28. The molecule has 0 fully saturated rings. The number of aryl methyl sites for hydroxylation is 2. The third kappa shape index (κ3) is 2.99. The fraction of sp³-hybridized carbons (Fsp3) is 0.250. The fourth-order valence-corrected chi connectivity index (χ4v) is 2.59. The lowest BCUT2D eigenvalue weighted by Gasteiger charge is -2.08. The molecule has 0 bridgehead atoms.